The predicted octanol–water partition coefficient (Wildman–Crippen LogP) is 0.668. The van der Waals surface area contributed by atoms with E-state index >= 15 is 0 Å². The highest BCUT2D eigenvalue weighted by Crippen LogP contribution is 2.30. The molecule has 2 atom stereocenters. The average Bonchev–Trinajstić information content (AvgIpc) is 1.74. The lowest BCUT2D eigenvalue weighted by atomic mass is 9.87. The van der Waals surface area contributed by atoms with Crippen molar-refractivity contribution in [2.75, 3.05) is 19.8 Å². The van der Waals surface area contributed by atoms with Gasteiger partial charge < -0.3 is 9.47 Å². The van der Waals surface area contributed by atoms with E-state index in [1.54, 1.807) is 0 Å². The number of hydrogen-bond acceptors (Lipinski definition) is 2. The smallest absolute Gasteiger partial charge is 0.0695 e. The summed E-state index contributed by atoms with van der Waals surface area (Å²) in [6.07, 6.45) is 0.527. The van der Waals surface area contributed by atoms with E-state index in [-0.39, 0.29) is 0 Å². The fourth-order valence-corrected chi connectivity index (χ4v) is 1.44. The summed E-state index contributed by atoms with van der Waals surface area (Å²) in [5, 5.41) is 0. The van der Waals surface area contributed by atoms with Crippen molar-refractivity contribution in [2.45, 2.75) is 13.0 Å². The molecule has 9 heavy (non-hydrogen) atoms. The zero-order valence-corrected chi connectivity index (χ0v) is 5.67. The molecule has 0 N–H and O–H groups in total. The first-order chi connectivity index (χ1) is 4.38. The molecular formula is C7H12O2. The van der Waals surface area contributed by atoms with Crippen LogP contribution in [0.3, 0.4) is 0 Å². The first-order valence-corrected chi connectivity index (χ1v) is 3.57. The predicted molar refractivity (Wildman–Crippen MR) is 33.2 cm³/mol. The Bertz CT molecular complexity index is 109. The second-order valence-corrected chi connectivity index (χ2v) is 3.07. The van der Waals surface area contributed by atoms with Crippen LogP contribution in [0.1, 0.15) is 6.92 Å². The quantitative estimate of drug-likeness (QED) is 0.516. The van der Waals surface area contributed by atoms with Gasteiger partial charge in [-0.2, -0.15) is 0 Å². The third-order valence-corrected chi connectivity index (χ3v) is 2.24. The molecule has 0 amide bonds. The Balaban J connectivity index is 1.83. The van der Waals surface area contributed by atoms with E-state index in [1.807, 2.05) is 0 Å². The van der Waals surface area contributed by atoms with Crippen molar-refractivity contribution < 1.29 is 9.47 Å². The summed E-state index contributed by atoms with van der Waals surface area (Å²) in [6.45, 7) is 5.05. The van der Waals surface area contributed by atoms with Gasteiger partial charge in [-0.05, 0) is 0 Å². The van der Waals surface area contributed by atoms with Gasteiger partial charge in [-0.15, -0.1) is 0 Å². The lowest BCUT2D eigenvalue weighted by molar-refractivity contribution is -0.196. The molecular weight excluding hydrogens is 116 g/mol. The lowest BCUT2D eigenvalue weighted by Gasteiger charge is -2.43. The Morgan fingerprint density at radius 1 is 1.22 bits per heavy atom. The molecule has 2 rings (SSSR count). The van der Waals surface area contributed by atoms with Gasteiger partial charge in [-0.1, -0.05) is 6.92 Å². The minimum Gasteiger partial charge on any atom is -0.380 e. The Hall–Kier alpha value is -0.0800. The van der Waals surface area contributed by atoms with E-state index in [1.165, 1.54) is 0 Å². The highest BCUT2D eigenvalue weighted by molar-refractivity contribution is 4.85. The van der Waals surface area contributed by atoms with Crippen molar-refractivity contribution in [2.24, 2.45) is 11.8 Å². The molecule has 2 nitrogen and oxygen atoms in total. The van der Waals surface area contributed by atoms with Gasteiger partial charge in [0, 0.05) is 11.8 Å². The van der Waals surface area contributed by atoms with Crippen molar-refractivity contribution in [3.63, 3.8) is 0 Å². The van der Waals surface area contributed by atoms with E-state index in [0.29, 0.717) is 12.0 Å². The van der Waals surface area contributed by atoms with Gasteiger partial charge in [0.25, 0.3) is 0 Å². The summed E-state index contributed by atoms with van der Waals surface area (Å²) in [6, 6.07) is 0. The molecule has 0 aliphatic carbocycles. The lowest BCUT2D eigenvalue weighted by Crippen LogP contribution is -2.50. The Morgan fingerprint density at radius 3 is 2.11 bits per heavy atom. The molecule has 0 aromatic rings. The van der Waals surface area contributed by atoms with Crippen LogP contribution in [0, 0.1) is 11.8 Å². The third kappa shape index (κ3) is 0.775. The maximum absolute atomic E-state index is 5.37. The molecule has 52 valence electrons. The highest BCUT2D eigenvalue weighted by atomic mass is 16.5. The van der Waals surface area contributed by atoms with Gasteiger partial charge in [-0.3, -0.25) is 0 Å². The maximum atomic E-state index is 5.37. The molecule has 0 bridgehead atoms. The number of ether oxygens (including phenoxy) is 2. The third-order valence-electron chi connectivity index (χ3n) is 2.24. The molecule has 0 saturated carbocycles. The molecule has 2 fully saturated rings. The standard InChI is InChI=1S/C7H12O2/c1-5-2-9-7(5)6-3-8-4-6/h5-7H,2-4H2,1H3. The summed E-state index contributed by atoms with van der Waals surface area (Å²) in [5.41, 5.74) is 0. The Kier molecular flexibility index (Phi) is 1.24. The van der Waals surface area contributed by atoms with Crippen LogP contribution >= 0.6 is 0 Å². The first-order valence-electron chi connectivity index (χ1n) is 3.57. The summed E-state index contributed by atoms with van der Waals surface area (Å²) in [7, 11) is 0. The van der Waals surface area contributed by atoms with Crippen LogP contribution in [-0.2, 0) is 9.47 Å². The zero-order chi connectivity index (χ0) is 6.27. The second-order valence-electron chi connectivity index (χ2n) is 3.07. The van der Waals surface area contributed by atoms with Crippen LogP contribution in [0.4, 0.5) is 0 Å². The van der Waals surface area contributed by atoms with Gasteiger partial charge in [0.2, 0.25) is 0 Å². The monoisotopic (exact) mass is 128 g/mol. The molecule has 0 aromatic heterocycles. The van der Waals surface area contributed by atoms with E-state index in [4.69, 9.17) is 9.47 Å². The SMILES string of the molecule is CC1COC1C1COC1. The molecule has 0 radical (unpaired) electrons. The van der Waals surface area contributed by atoms with Crippen LogP contribution in [0.25, 0.3) is 0 Å². The minimum absolute atomic E-state index is 0.527. The van der Waals surface area contributed by atoms with Crippen molar-refractivity contribution in [1.29, 1.82) is 0 Å². The van der Waals surface area contributed by atoms with Gasteiger partial charge >= 0.3 is 0 Å². The summed E-state index contributed by atoms with van der Waals surface area (Å²) in [4.78, 5) is 0. The number of hydrogen-bond donors (Lipinski definition) is 0. The van der Waals surface area contributed by atoms with E-state index < -0.39 is 0 Å². The normalized spacial score (nSPS) is 43.7. The van der Waals surface area contributed by atoms with E-state index in [0.717, 1.165) is 25.7 Å². The highest BCUT2D eigenvalue weighted by Gasteiger charge is 2.38. The molecule has 0 spiro atoms. The van der Waals surface area contributed by atoms with Crippen LogP contribution in [-0.4, -0.2) is 25.9 Å². The molecule has 2 aliphatic rings. The molecule has 2 heterocycles. The van der Waals surface area contributed by atoms with Gasteiger partial charge in [0.1, 0.15) is 0 Å². The molecule has 2 aliphatic heterocycles. The van der Waals surface area contributed by atoms with Crippen molar-refractivity contribution >= 4 is 0 Å². The second kappa shape index (κ2) is 1.96. The van der Waals surface area contributed by atoms with Gasteiger partial charge in [0.05, 0.1) is 25.9 Å². The summed E-state index contributed by atoms with van der Waals surface area (Å²) >= 11 is 0. The summed E-state index contributed by atoms with van der Waals surface area (Å²) < 4.78 is 10.4. The summed E-state index contributed by atoms with van der Waals surface area (Å²) in [5.74, 6) is 1.49. The van der Waals surface area contributed by atoms with Crippen LogP contribution < -0.4 is 0 Å². The molecule has 2 heteroatoms. The van der Waals surface area contributed by atoms with E-state index in [9.17, 15) is 0 Å². The fraction of sp³-hybridized carbons (Fsp3) is 1.00. The van der Waals surface area contributed by atoms with Crippen molar-refractivity contribution in [3.05, 3.63) is 0 Å². The largest absolute Gasteiger partial charge is 0.380 e. The first kappa shape index (κ1) is 5.69. The van der Waals surface area contributed by atoms with Crippen LogP contribution in [0.2, 0.25) is 0 Å². The Morgan fingerprint density at radius 2 is 2.00 bits per heavy atom. The van der Waals surface area contributed by atoms with Gasteiger partial charge in [-0.25, -0.2) is 0 Å². The topological polar surface area (TPSA) is 18.5 Å². The van der Waals surface area contributed by atoms with Crippen LogP contribution in [0.5, 0.6) is 0 Å². The number of rotatable bonds is 1. The fourth-order valence-electron chi connectivity index (χ4n) is 1.44. The zero-order valence-electron chi connectivity index (χ0n) is 5.67. The molecule has 2 saturated heterocycles. The van der Waals surface area contributed by atoms with Crippen molar-refractivity contribution in [1.82, 2.24) is 0 Å². The van der Waals surface area contributed by atoms with Crippen molar-refractivity contribution in [3.8, 4) is 0 Å². The maximum Gasteiger partial charge on any atom is 0.0695 e. The molecule has 2 unspecified atom stereocenters. The Labute approximate surface area is 55.1 Å². The van der Waals surface area contributed by atoms with Crippen LogP contribution in [0.15, 0.2) is 0 Å². The van der Waals surface area contributed by atoms with Gasteiger partial charge in [0.15, 0.2) is 0 Å². The average molecular weight is 128 g/mol. The van der Waals surface area contributed by atoms with E-state index in [2.05, 4.69) is 6.92 Å². The molecule has 0 aromatic carbocycles. The minimum atomic E-state index is 0.527.